The molecular formula is C23H25F3O. The molecule has 144 valence electrons. The second-order valence-corrected chi connectivity index (χ2v) is 7.30. The minimum absolute atomic E-state index is 0.282. The molecule has 2 aromatic carbocycles. The van der Waals surface area contributed by atoms with E-state index in [1.807, 2.05) is 30.4 Å². The van der Waals surface area contributed by atoms with Crippen LogP contribution < -0.4 is 4.74 Å². The number of halogens is 3. The molecule has 0 aromatic heterocycles. The number of hydrogen-bond donors (Lipinski definition) is 0. The summed E-state index contributed by atoms with van der Waals surface area (Å²) in [6.07, 6.45) is 3.94. The van der Waals surface area contributed by atoms with Crippen LogP contribution in [0.5, 0.6) is 5.75 Å². The SMILES string of the molecule is C=CCCc1ccc2cc(OC(F)(F)C3CCC(C=C)CC3)c(F)cc2c1. The van der Waals surface area contributed by atoms with Gasteiger partial charge in [-0.25, -0.2) is 4.39 Å². The van der Waals surface area contributed by atoms with Crippen LogP contribution in [0.25, 0.3) is 10.8 Å². The maximum Gasteiger partial charge on any atom is 0.400 e. The first kappa shape index (κ1) is 19.5. The van der Waals surface area contributed by atoms with Gasteiger partial charge in [-0.1, -0.05) is 30.4 Å². The average Bonchev–Trinajstić information content (AvgIpc) is 2.66. The largest absolute Gasteiger partial charge is 0.429 e. The molecule has 0 aliphatic heterocycles. The molecule has 27 heavy (non-hydrogen) atoms. The van der Waals surface area contributed by atoms with Gasteiger partial charge >= 0.3 is 6.11 Å². The molecule has 3 rings (SSSR count). The van der Waals surface area contributed by atoms with Crippen molar-refractivity contribution in [3.05, 3.63) is 67.0 Å². The molecule has 0 spiro atoms. The zero-order valence-corrected chi connectivity index (χ0v) is 15.4. The van der Waals surface area contributed by atoms with E-state index in [2.05, 4.69) is 13.2 Å². The molecule has 4 heteroatoms. The maximum absolute atomic E-state index is 14.6. The third-order valence-corrected chi connectivity index (χ3v) is 5.42. The van der Waals surface area contributed by atoms with Crippen LogP contribution in [0.15, 0.2) is 55.6 Å². The van der Waals surface area contributed by atoms with E-state index in [1.54, 1.807) is 0 Å². The van der Waals surface area contributed by atoms with Crippen molar-refractivity contribution in [1.29, 1.82) is 0 Å². The van der Waals surface area contributed by atoms with E-state index in [0.29, 0.717) is 36.5 Å². The van der Waals surface area contributed by atoms with E-state index in [-0.39, 0.29) is 5.92 Å². The third-order valence-electron chi connectivity index (χ3n) is 5.42. The summed E-state index contributed by atoms with van der Waals surface area (Å²) in [7, 11) is 0. The van der Waals surface area contributed by atoms with Gasteiger partial charge in [0.1, 0.15) is 0 Å². The Bertz CT molecular complexity index is 820. The van der Waals surface area contributed by atoms with E-state index in [4.69, 9.17) is 4.74 Å². The van der Waals surface area contributed by atoms with Gasteiger partial charge in [-0.2, -0.15) is 8.78 Å². The minimum Gasteiger partial charge on any atom is -0.429 e. The van der Waals surface area contributed by atoms with E-state index in [9.17, 15) is 13.2 Å². The Balaban J connectivity index is 1.78. The number of fused-ring (bicyclic) bond motifs is 1. The van der Waals surface area contributed by atoms with E-state index >= 15 is 0 Å². The number of aryl methyl sites for hydroxylation is 1. The highest BCUT2D eigenvalue weighted by Crippen LogP contribution is 2.41. The Labute approximate surface area is 158 Å². The molecule has 1 fully saturated rings. The lowest BCUT2D eigenvalue weighted by Crippen LogP contribution is -2.37. The van der Waals surface area contributed by atoms with Gasteiger partial charge in [0.05, 0.1) is 5.92 Å². The normalized spacial score (nSPS) is 20.4. The van der Waals surface area contributed by atoms with Crippen molar-refractivity contribution in [2.45, 2.75) is 44.6 Å². The molecule has 2 aromatic rings. The molecule has 0 amide bonds. The van der Waals surface area contributed by atoms with Crippen LogP contribution in [0.3, 0.4) is 0 Å². The highest BCUT2D eigenvalue weighted by atomic mass is 19.3. The molecule has 1 nitrogen and oxygen atoms in total. The van der Waals surface area contributed by atoms with Crippen LogP contribution in [0, 0.1) is 17.7 Å². The highest BCUT2D eigenvalue weighted by molar-refractivity contribution is 5.84. The number of rotatable bonds is 7. The maximum atomic E-state index is 14.6. The van der Waals surface area contributed by atoms with Gasteiger partial charge in [-0.05, 0) is 72.9 Å². The molecule has 0 saturated heterocycles. The van der Waals surface area contributed by atoms with Crippen LogP contribution in [0.1, 0.15) is 37.7 Å². The van der Waals surface area contributed by atoms with Crippen molar-refractivity contribution < 1.29 is 17.9 Å². The molecule has 0 atom stereocenters. The van der Waals surface area contributed by atoms with E-state index in [1.165, 1.54) is 12.1 Å². The molecule has 0 heterocycles. The summed E-state index contributed by atoms with van der Waals surface area (Å²) >= 11 is 0. The first-order valence-corrected chi connectivity index (χ1v) is 9.45. The first-order valence-electron chi connectivity index (χ1n) is 9.45. The lowest BCUT2D eigenvalue weighted by molar-refractivity contribution is -0.224. The molecule has 0 unspecified atom stereocenters. The zero-order valence-electron chi connectivity index (χ0n) is 15.4. The predicted octanol–water partition coefficient (Wildman–Crippen LogP) is 7.06. The lowest BCUT2D eigenvalue weighted by Gasteiger charge is -2.32. The Morgan fingerprint density at radius 1 is 1.04 bits per heavy atom. The number of benzene rings is 2. The molecule has 1 saturated carbocycles. The fourth-order valence-electron chi connectivity index (χ4n) is 3.72. The fraction of sp³-hybridized carbons (Fsp3) is 0.391. The summed E-state index contributed by atoms with van der Waals surface area (Å²) in [5.74, 6) is -1.77. The van der Waals surface area contributed by atoms with E-state index in [0.717, 1.165) is 18.4 Å². The monoisotopic (exact) mass is 374 g/mol. The predicted molar refractivity (Wildman–Crippen MR) is 104 cm³/mol. The first-order chi connectivity index (χ1) is 12.9. The van der Waals surface area contributed by atoms with Crippen LogP contribution in [0.4, 0.5) is 13.2 Å². The lowest BCUT2D eigenvalue weighted by atomic mass is 9.81. The molecule has 1 aliphatic rings. The minimum atomic E-state index is -3.38. The topological polar surface area (TPSA) is 9.23 Å². The Kier molecular flexibility index (Phi) is 5.93. The van der Waals surface area contributed by atoms with Crippen molar-refractivity contribution in [2.75, 3.05) is 0 Å². The Hall–Kier alpha value is -2.23. The van der Waals surface area contributed by atoms with Crippen molar-refractivity contribution in [3.63, 3.8) is 0 Å². The van der Waals surface area contributed by atoms with Gasteiger partial charge in [-0.15, -0.1) is 13.2 Å². The van der Waals surface area contributed by atoms with Crippen molar-refractivity contribution in [3.8, 4) is 5.75 Å². The summed E-state index contributed by atoms with van der Waals surface area (Å²) in [6.45, 7) is 7.42. The number of ether oxygens (including phenoxy) is 1. The van der Waals surface area contributed by atoms with Gasteiger partial charge in [0.2, 0.25) is 0 Å². The third kappa shape index (κ3) is 4.55. The van der Waals surface area contributed by atoms with Gasteiger partial charge < -0.3 is 4.74 Å². The zero-order chi connectivity index (χ0) is 19.4. The second kappa shape index (κ2) is 8.20. The molecule has 0 radical (unpaired) electrons. The number of allylic oxidation sites excluding steroid dienone is 2. The van der Waals surface area contributed by atoms with Crippen molar-refractivity contribution in [2.24, 2.45) is 11.8 Å². The number of alkyl halides is 2. The molecular weight excluding hydrogens is 349 g/mol. The summed E-state index contributed by atoms with van der Waals surface area (Å²) in [5.41, 5.74) is 1.06. The van der Waals surface area contributed by atoms with Gasteiger partial charge in [0.15, 0.2) is 11.6 Å². The smallest absolute Gasteiger partial charge is 0.400 e. The van der Waals surface area contributed by atoms with Crippen LogP contribution >= 0.6 is 0 Å². The quantitative estimate of drug-likeness (QED) is 0.471. The fourth-order valence-corrected chi connectivity index (χ4v) is 3.72. The van der Waals surface area contributed by atoms with Gasteiger partial charge in [0.25, 0.3) is 0 Å². The van der Waals surface area contributed by atoms with E-state index < -0.39 is 23.6 Å². The van der Waals surface area contributed by atoms with Crippen LogP contribution in [-0.2, 0) is 6.42 Å². The molecule has 0 N–H and O–H groups in total. The highest BCUT2D eigenvalue weighted by Gasteiger charge is 2.44. The van der Waals surface area contributed by atoms with Crippen molar-refractivity contribution >= 4 is 10.8 Å². The summed E-state index contributed by atoms with van der Waals surface area (Å²) in [4.78, 5) is 0. The van der Waals surface area contributed by atoms with Crippen molar-refractivity contribution in [1.82, 2.24) is 0 Å². The Morgan fingerprint density at radius 2 is 1.78 bits per heavy atom. The van der Waals surface area contributed by atoms with Crippen LogP contribution in [-0.4, -0.2) is 6.11 Å². The summed E-state index contributed by atoms with van der Waals surface area (Å²) < 4.78 is 48.5. The Morgan fingerprint density at radius 3 is 2.44 bits per heavy atom. The van der Waals surface area contributed by atoms with Gasteiger partial charge in [0, 0.05) is 0 Å². The summed E-state index contributed by atoms with van der Waals surface area (Å²) in [5, 5.41) is 1.36. The molecule has 1 aliphatic carbocycles. The second-order valence-electron chi connectivity index (χ2n) is 7.30. The average molecular weight is 374 g/mol. The summed E-state index contributed by atoms with van der Waals surface area (Å²) in [6, 6.07) is 8.24. The standard InChI is InChI=1S/C23H25F3O/c1-3-5-6-17-7-10-18-15-22(21(24)14-19(18)13-17)27-23(25,26)20-11-8-16(4-2)9-12-20/h3-4,7,10,13-16,20H,1-2,5-6,8-9,11-12H2. The number of hydrogen-bond acceptors (Lipinski definition) is 1. The van der Waals surface area contributed by atoms with Crippen LogP contribution in [0.2, 0.25) is 0 Å². The molecule has 0 bridgehead atoms. The van der Waals surface area contributed by atoms with Gasteiger partial charge in [-0.3, -0.25) is 0 Å².